The van der Waals surface area contributed by atoms with Crippen molar-refractivity contribution in [2.45, 2.75) is 24.2 Å². The predicted molar refractivity (Wildman–Crippen MR) is 125 cm³/mol. The zero-order valence-corrected chi connectivity index (χ0v) is 19.2. The number of nitrogens with zero attached hydrogens (tertiary/aromatic N) is 5. The number of aliphatic carboxylic acids is 1. The van der Waals surface area contributed by atoms with Crippen molar-refractivity contribution in [3.05, 3.63) is 54.1 Å². The van der Waals surface area contributed by atoms with Gasteiger partial charge in [0.1, 0.15) is 0 Å². The number of nitriles is 2. The second kappa shape index (κ2) is 10.8. The average Bonchev–Trinajstić information content (AvgIpc) is 3.15. The number of carboxylic acids is 1. The minimum atomic E-state index is -4.53. The first-order valence-electron chi connectivity index (χ1n) is 10.5. The van der Waals surface area contributed by atoms with Gasteiger partial charge >= 0.3 is 5.97 Å². The molecule has 1 heterocycles. The van der Waals surface area contributed by atoms with Crippen LogP contribution in [0.2, 0.25) is 0 Å². The molecule has 1 unspecified atom stereocenters. The Morgan fingerprint density at radius 2 is 1.71 bits per heavy atom. The summed E-state index contributed by atoms with van der Waals surface area (Å²) in [4.78, 5) is 26.3. The van der Waals surface area contributed by atoms with Gasteiger partial charge in [0, 0.05) is 18.8 Å². The molecule has 1 aliphatic heterocycles. The van der Waals surface area contributed by atoms with Gasteiger partial charge in [0.2, 0.25) is 0 Å². The molecule has 35 heavy (non-hydrogen) atoms. The highest BCUT2D eigenvalue weighted by Crippen LogP contribution is 2.29. The quantitative estimate of drug-likeness (QED) is 0.468. The Kier molecular flexibility index (Phi) is 7.81. The van der Waals surface area contributed by atoms with Crippen molar-refractivity contribution < 1.29 is 27.7 Å². The molecular formula is C23H21N5O6S. The third kappa shape index (κ3) is 6.00. The molecule has 1 amide bonds. The third-order valence-corrected chi connectivity index (χ3v) is 6.20. The van der Waals surface area contributed by atoms with E-state index in [1.54, 1.807) is 24.3 Å². The molecule has 1 aliphatic rings. The maximum absolute atomic E-state index is 13.1. The van der Waals surface area contributed by atoms with Crippen molar-refractivity contribution in [3.63, 3.8) is 0 Å². The lowest BCUT2D eigenvalue weighted by atomic mass is 9.94. The standard InChI is InChI=1S/C23H21N5O6S/c24-10-2-12-27(13-3-11-25)17-8-6-16(7-9-17)14-20-21(23(30)31)26-28(22(20)29)18-4-1-5-19(15-18)35(32,33)34/h1,4-9,15,20H,2-3,12-14H2,(H,30,31)(H,32,33,34). The lowest BCUT2D eigenvalue weighted by Crippen LogP contribution is -2.31. The van der Waals surface area contributed by atoms with Crippen LogP contribution < -0.4 is 9.91 Å². The SMILES string of the molecule is N#CCCN(CCC#N)c1ccc(CC2C(=O)N(c3cccc(S(=O)(=O)O)c3)N=C2C(=O)O)cc1. The Labute approximate surface area is 201 Å². The molecule has 0 spiro atoms. The number of carbonyl (C=O) groups excluding carboxylic acids is 1. The van der Waals surface area contributed by atoms with Crippen LogP contribution in [-0.4, -0.2) is 48.8 Å². The number of rotatable bonds is 10. The molecule has 0 aromatic heterocycles. The van der Waals surface area contributed by atoms with Crippen molar-refractivity contribution in [3.8, 4) is 12.1 Å². The van der Waals surface area contributed by atoms with Gasteiger partial charge in [-0.3, -0.25) is 9.35 Å². The minimum absolute atomic E-state index is 0.00681. The molecule has 3 rings (SSSR count). The van der Waals surface area contributed by atoms with Crippen LogP contribution in [0.5, 0.6) is 0 Å². The molecule has 12 heteroatoms. The van der Waals surface area contributed by atoms with Crippen molar-refractivity contribution in [2.75, 3.05) is 23.0 Å². The van der Waals surface area contributed by atoms with Gasteiger partial charge in [-0.25, -0.2) is 4.79 Å². The Morgan fingerprint density at radius 1 is 1.09 bits per heavy atom. The molecule has 0 radical (unpaired) electrons. The number of anilines is 2. The summed E-state index contributed by atoms with van der Waals surface area (Å²) in [5.41, 5.74) is 1.07. The fourth-order valence-electron chi connectivity index (χ4n) is 3.65. The summed E-state index contributed by atoms with van der Waals surface area (Å²) in [6, 6.07) is 16.0. The van der Waals surface area contributed by atoms with Gasteiger partial charge < -0.3 is 10.0 Å². The van der Waals surface area contributed by atoms with E-state index in [1.165, 1.54) is 12.1 Å². The van der Waals surface area contributed by atoms with Crippen LogP contribution in [0.4, 0.5) is 11.4 Å². The lowest BCUT2D eigenvalue weighted by molar-refractivity contribution is -0.130. The molecule has 0 aliphatic carbocycles. The second-order valence-corrected chi connectivity index (χ2v) is 9.06. The fourth-order valence-corrected chi connectivity index (χ4v) is 4.17. The molecule has 0 saturated heterocycles. The number of hydrogen-bond acceptors (Lipinski definition) is 8. The van der Waals surface area contributed by atoms with Crippen LogP contribution in [0, 0.1) is 28.6 Å². The van der Waals surface area contributed by atoms with Gasteiger partial charge in [0.05, 0.1) is 41.5 Å². The maximum Gasteiger partial charge on any atom is 0.352 e. The summed E-state index contributed by atoms with van der Waals surface area (Å²) in [6.45, 7) is 0.901. The molecule has 2 aromatic rings. The van der Waals surface area contributed by atoms with E-state index in [2.05, 4.69) is 17.2 Å². The Hall–Kier alpha value is -4.26. The lowest BCUT2D eigenvalue weighted by Gasteiger charge is -2.23. The van der Waals surface area contributed by atoms with Crippen molar-refractivity contribution in [1.82, 2.24) is 0 Å². The van der Waals surface area contributed by atoms with E-state index < -0.39 is 32.8 Å². The highest BCUT2D eigenvalue weighted by atomic mass is 32.2. The van der Waals surface area contributed by atoms with Crippen LogP contribution in [0.15, 0.2) is 58.5 Å². The minimum Gasteiger partial charge on any atom is -0.477 e. The van der Waals surface area contributed by atoms with Gasteiger partial charge in [0.25, 0.3) is 16.0 Å². The van der Waals surface area contributed by atoms with Crippen LogP contribution in [0.25, 0.3) is 0 Å². The summed E-state index contributed by atoms with van der Waals surface area (Å²) in [5, 5.41) is 32.1. The van der Waals surface area contributed by atoms with E-state index in [0.717, 1.165) is 22.8 Å². The fraction of sp³-hybridized carbons (Fsp3) is 0.261. The Morgan fingerprint density at radius 3 is 2.26 bits per heavy atom. The van der Waals surface area contributed by atoms with Gasteiger partial charge in [-0.05, 0) is 42.3 Å². The maximum atomic E-state index is 13.1. The average molecular weight is 496 g/mol. The summed E-state index contributed by atoms with van der Waals surface area (Å²) >= 11 is 0. The van der Waals surface area contributed by atoms with E-state index in [0.29, 0.717) is 18.7 Å². The number of amides is 1. The zero-order chi connectivity index (χ0) is 25.6. The van der Waals surface area contributed by atoms with Crippen molar-refractivity contribution in [1.29, 1.82) is 10.5 Å². The number of benzene rings is 2. The first kappa shape index (κ1) is 25.4. The summed E-state index contributed by atoms with van der Waals surface area (Å²) in [5.74, 6) is -3.14. The van der Waals surface area contributed by atoms with Crippen LogP contribution in [0.1, 0.15) is 18.4 Å². The summed E-state index contributed by atoms with van der Waals surface area (Å²) in [7, 11) is -4.53. The predicted octanol–water partition coefficient (Wildman–Crippen LogP) is 2.21. The topological polar surface area (TPSA) is 175 Å². The second-order valence-electron chi connectivity index (χ2n) is 7.64. The Bertz CT molecular complexity index is 1320. The highest BCUT2D eigenvalue weighted by molar-refractivity contribution is 7.85. The largest absolute Gasteiger partial charge is 0.477 e. The molecule has 0 bridgehead atoms. The first-order valence-corrected chi connectivity index (χ1v) is 11.9. The van der Waals surface area contributed by atoms with E-state index in [1.807, 2.05) is 4.90 Å². The van der Waals surface area contributed by atoms with Crippen LogP contribution in [0.3, 0.4) is 0 Å². The van der Waals surface area contributed by atoms with Crippen molar-refractivity contribution >= 4 is 39.1 Å². The summed E-state index contributed by atoms with van der Waals surface area (Å²) in [6.07, 6.45) is 0.614. The van der Waals surface area contributed by atoms with E-state index in [-0.39, 0.29) is 30.7 Å². The van der Waals surface area contributed by atoms with Crippen molar-refractivity contribution in [2.24, 2.45) is 11.0 Å². The first-order chi connectivity index (χ1) is 16.7. The summed E-state index contributed by atoms with van der Waals surface area (Å²) < 4.78 is 32.1. The zero-order valence-electron chi connectivity index (χ0n) is 18.4. The molecule has 180 valence electrons. The molecule has 2 aromatic carbocycles. The monoisotopic (exact) mass is 495 g/mol. The number of carboxylic acid groups (broad SMARTS) is 1. The van der Waals surface area contributed by atoms with E-state index in [9.17, 15) is 27.7 Å². The van der Waals surface area contributed by atoms with Gasteiger partial charge in [-0.1, -0.05) is 18.2 Å². The molecule has 1 atom stereocenters. The Balaban J connectivity index is 1.83. The van der Waals surface area contributed by atoms with Gasteiger partial charge in [0.15, 0.2) is 5.71 Å². The third-order valence-electron chi connectivity index (χ3n) is 5.35. The number of hydrazone groups is 1. The normalized spacial score (nSPS) is 15.3. The molecule has 2 N–H and O–H groups in total. The van der Waals surface area contributed by atoms with Crippen LogP contribution >= 0.6 is 0 Å². The highest BCUT2D eigenvalue weighted by Gasteiger charge is 2.40. The number of hydrogen-bond donors (Lipinski definition) is 2. The molecular weight excluding hydrogens is 474 g/mol. The van der Waals surface area contributed by atoms with Crippen LogP contribution in [-0.2, 0) is 26.1 Å². The smallest absolute Gasteiger partial charge is 0.352 e. The molecule has 0 fully saturated rings. The van der Waals surface area contributed by atoms with Gasteiger partial charge in [-0.15, -0.1) is 0 Å². The van der Waals surface area contributed by atoms with E-state index >= 15 is 0 Å². The van der Waals surface area contributed by atoms with E-state index in [4.69, 9.17) is 10.5 Å². The van der Waals surface area contributed by atoms with Gasteiger partial charge in [-0.2, -0.15) is 29.1 Å². The molecule has 0 saturated carbocycles. The number of carbonyl (C=O) groups is 2. The molecule has 11 nitrogen and oxygen atoms in total.